The third-order valence-electron chi connectivity index (χ3n) is 5.26. The third kappa shape index (κ3) is 7.70. The number of halogens is 2. The number of rotatable bonds is 11. The lowest BCUT2D eigenvalue weighted by atomic mass is 10.0. The fourth-order valence-corrected chi connectivity index (χ4v) is 3.73. The zero-order valence-electron chi connectivity index (χ0n) is 19.0. The van der Waals surface area contributed by atoms with Crippen LogP contribution in [-0.2, 0) is 22.6 Å². The fraction of sp³-hybridized carbons (Fsp3) is 0.259. The van der Waals surface area contributed by atoms with Crippen LogP contribution < -0.4 is 10.1 Å². The van der Waals surface area contributed by atoms with Gasteiger partial charge in [0.05, 0.1) is 0 Å². The van der Waals surface area contributed by atoms with Crippen LogP contribution in [0.15, 0.2) is 83.3 Å². The maximum atomic E-state index is 13.5. The van der Waals surface area contributed by atoms with Crippen LogP contribution in [0.25, 0.3) is 0 Å². The summed E-state index contributed by atoms with van der Waals surface area (Å²) in [7, 11) is 0. The van der Waals surface area contributed by atoms with E-state index >= 15 is 0 Å². The van der Waals surface area contributed by atoms with Crippen LogP contribution in [-0.4, -0.2) is 35.9 Å². The molecule has 0 saturated heterocycles. The molecule has 0 aliphatic heterocycles. The Kier molecular flexibility index (Phi) is 9.64. The van der Waals surface area contributed by atoms with Crippen LogP contribution in [0.3, 0.4) is 0 Å². The van der Waals surface area contributed by atoms with Crippen LogP contribution in [0.1, 0.15) is 24.5 Å². The molecule has 2 amide bonds. The second kappa shape index (κ2) is 12.9. The molecule has 0 saturated carbocycles. The average Bonchev–Trinajstić information content (AvgIpc) is 2.86. The van der Waals surface area contributed by atoms with Crippen molar-refractivity contribution >= 4 is 27.7 Å². The molecule has 7 heteroatoms. The van der Waals surface area contributed by atoms with E-state index in [9.17, 15) is 14.0 Å². The zero-order valence-corrected chi connectivity index (χ0v) is 20.6. The van der Waals surface area contributed by atoms with E-state index in [1.54, 1.807) is 24.3 Å². The molecule has 5 nitrogen and oxygen atoms in total. The number of ether oxygens (including phenoxy) is 1. The molecule has 0 heterocycles. The lowest BCUT2D eigenvalue weighted by molar-refractivity contribution is -0.142. The lowest BCUT2D eigenvalue weighted by Gasteiger charge is -2.31. The highest BCUT2D eigenvalue weighted by Crippen LogP contribution is 2.18. The summed E-state index contributed by atoms with van der Waals surface area (Å²) in [5.41, 5.74) is 1.66. The van der Waals surface area contributed by atoms with Gasteiger partial charge in [-0.15, -0.1) is 0 Å². The Morgan fingerprint density at radius 3 is 2.29 bits per heavy atom. The van der Waals surface area contributed by atoms with Crippen molar-refractivity contribution in [2.24, 2.45) is 0 Å². The number of nitrogens with one attached hydrogen (secondary N) is 1. The van der Waals surface area contributed by atoms with Crippen molar-refractivity contribution in [2.75, 3.05) is 13.2 Å². The summed E-state index contributed by atoms with van der Waals surface area (Å²) in [6.45, 7) is 2.41. The Morgan fingerprint density at radius 2 is 1.65 bits per heavy atom. The van der Waals surface area contributed by atoms with E-state index in [2.05, 4.69) is 21.2 Å². The van der Waals surface area contributed by atoms with Crippen molar-refractivity contribution in [3.63, 3.8) is 0 Å². The van der Waals surface area contributed by atoms with Crippen molar-refractivity contribution in [1.82, 2.24) is 10.2 Å². The molecule has 0 aliphatic rings. The van der Waals surface area contributed by atoms with E-state index in [1.165, 1.54) is 17.0 Å². The number of nitrogens with zero attached hydrogens (tertiary/aromatic N) is 1. The van der Waals surface area contributed by atoms with Crippen LogP contribution in [0.4, 0.5) is 4.39 Å². The van der Waals surface area contributed by atoms with Crippen LogP contribution >= 0.6 is 15.9 Å². The molecular weight excluding hydrogens is 499 g/mol. The molecule has 0 bridgehead atoms. The number of hydrogen-bond acceptors (Lipinski definition) is 3. The standard InChI is InChI=1S/C27H28BrFN2O3/c1-2-16-30-27(33)25(17-20-6-4-3-5-7-20)31(18-21-8-12-23(29)13-9-21)26(32)19-34-24-14-10-22(28)11-15-24/h3-15,25H,2,16-19H2,1H3,(H,30,33)/t25-/m0/s1. The normalized spacial score (nSPS) is 11.5. The topological polar surface area (TPSA) is 58.6 Å². The molecule has 1 N–H and O–H groups in total. The van der Waals surface area contributed by atoms with Gasteiger partial charge in [0.15, 0.2) is 6.61 Å². The number of benzene rings is 3. The molecule has 3 aromatic rings. The Bertz CT molecular complexity index is 1060. The van der Waals surface area contributed by atoms with Gasteiger partial charge in [-0.1, -0.05) is 65.3 Å². The smallest absolute Gasteiger partial charge is 0.261 e. The SMILES string of the molecule is CCCNC(=O)[C@H](Cc1ccccc1)N(Cc1ccc(F)cc1)C(=O)COc1ccc(Br)cc1. The first-order valence-electron chi connectivity index (χ1n) is 11.2. The van der Waals surface area contributed by atoms with Gasteiger partial charge in [-0.3, -0.25) is 9.59 Å². The van der Waals surface area contributed by atoms with E-state index in [-0.39, 0.29) is 30.8 Å². The first-order chi connectivity index (χ1) is 16.5. The molecule has 3 rings (SSSR count). The quantitative estimate of drug-likeness (QED) is 0.376. The summed E-state index contributed by atoms with van der Waals surface area (Å²) in [5, 5.41) is 2.92. The monoisotopic (exact) mass is 526 g/mol. The summed E-state index contributed by atoms with van der Waals surface area (Å²) in [6, 6.07) is 21.9. The van der Waals surface area contributed by atoms with Gasteiger partial charge in [-0.05, 0) is 53.9 Å². The molecule has 0 radical (unpaired) electrons. The molecule has 0 aromatic heterocycles. The Hall–Kier alpha value is -3.19. The maximum absolute atomic E-state index is 13.5. The average molecular weight is 527 g/mol. The summed E-state index contributed by atoms with van der Waals surface area (Å²) in [5.74, 6) is -0.375. The number of hydrogen-bond donors (Lipinski definition) is 1. The Balaban J connectivity index is 1.87. The van der Waals surface area contributed by atoms with Gasteiger partial charge in [0.1, 0.15) is 17.6 Å². The summed E-state index contributed by atoms with van der Waals surface area (Å²) < 4.78 is 20.1. The van der Waals surface area contributed by atoms with Gasteiger partial charge in [0, 0.05) is 24.0 Å². The van der Waals surface area contributed by atoms with Crippen molar-refractivity contribution in [3.05, 3.63) is 100 Å². The minimum atomic E-state index is -0.750. The minimum Gasteiger partial charge on any atom is -0.484 e. The van der Waals surface area contributed by atoms with Crippen LogP contribution in [0, 0.1) is 5.82 Å². The predicted octanol–water partition coefficient (Wildman–Crippen LogP) is 5.13. The second-order valence-corrected chi connectivity index (χ2v) is 8.80. The van der Waals surface area contributed by atoms with Crippen LogP contribution in [0.5, 0.6) is 5.75 Å². The molecule has 178 valence electrons. The second-order valence-electron chi connectivity index (χ2n) is 7.89. The summed E-state index contributed by atoms with van der Waals surface area (Å²) in [4.78, 5) is 28.1. The Labute approximate surface area is 208 Å². The van der Waals surface area contributed by atoms with Crippen molar-refractivity contribution < 1.29 is 18.7 Å². The molecule has 0 unspecified atom stereocenters. The maximum Gasteiger partial charge on any atom is 0.261 e. The zero-order chi connectivity index (χ0) is 24.3. The molecule has 0 fully saturated rings. The van der Waals surface area contributed by atoms with E-state index in [0.717, 1.165) is 22.0 Å². The highest BCUT2D eigenvalue weighted by atomic mass is 79.9. The number of carbonyl (C=O) groups is 2. The molecule has 1 atom stereocenters. The van der Waals surface area contributed by atoms with Gasteiger partial charge in [-0.25, -0.2) is 4.39 Å². The Morgan fingerprint density at radius 1 is 0.971 bits per heavy atom. The summed E-state index contributed by atoms with van der Waals surface area (Å²) >= 11 is 3.38. The number of carbonyl (C=O) groups excluding carboxylic acids is 2. The predicted molar refractivity (Wildman–Crippen MR) is 134 cm³/mol. The van der Waals surface area contributed by atoms with Crippen LogP contribution in [0.2, 0.25) is 0 Å². The largest absolute Gasteiger partial charge is 0.484 e. The molecule has 34 heavy (non-hydrogen) atoms. The van der Waals surface area contributed by atoms with E-state index in [4.69, 9.17) is 4.74 Å². The molecule has 0 aliphatic carbocycles. The highest BCUT2D eigenvalue weighted by molar-refractivity contribution is 9.10. The van der Waals surface area contributed by atoms with Gasteiger partial charge < -0.3 is 15.0 Å². The summed E-state index contributed by atoms with van der Waals surface area (Å²) in [6.07, 6.45) is 1.13. The van der Waals surface area contributed by atoms with Gasteiger partial charge in [0.25, 0.3) is 5.91 Å². The van der Waals surface area contributed by atoms with Crippen molar-refractivity contribution in [1.29, 1.82) is 0 Å². The first kappa shape index (κ1) is 25.4. The van der Waals surface area contributed by atoms with E-state index < -0.39 is 6.04 Å². The first-order valence-corrected chi connectivity index (χ1v) is 12.0. The van der Waals surface area contributed by atoms with Crippen molar-refractivity contribution in [3.8, 4) is 5.75 Å². The highest BCUT2D eigenvalue weighted by Gasteiger charge is 2.30. The molecule has 3 aromatic carbocycles. The van der Waals surface area contributed by atoms with Gasteiger partial charge in [0.2, 0.25) is 5.91 Å². The number of amides is 2. The van der Waals surface area contributed by atoms with Gasteiger partial charge >= 0.3 is 0 Å². The van der Waals surface area contributed by atoms with Gasteiger partial charge in [-0.2, -0.15) is 0 Å². The molecular formula is C27H28BrFN2O3. The van der Waals surface area contributed by atoms with Crippen molar-refractivity contribution in [2.45, 2.75) is 32.4 Å². The van der Waals surface area contributed by atoms with E-state index in [0.29, 0.717) is 18.7 Å². The molecule has 0 spiro atoms. The van der Waals surface area contributed by atoms with E-state index in [1.807, 2.05) is 49.4 Å². The third-order valence-corrected chi connectivity index (χ3v) is 5.79. The lowest BCUT2D eigenvalue weighted by Crippen LogP contribution is -2.51. The fourth-order valence-electron chi connectivity index (χ4n) is 3.47. The minimum absolute atomic E-state index is 0.153.